The van der Waals surface area contributed by atoms with Gasteiger partial charge in [0, 0.05) is 19.3 Å². The molecular formula is C22H27N3O5S. The van der Waals surface area contributed by atoms with E-state index in [0.29, 0.717) is 5.56 Å². The highest BCUT2D eigenvalue weighted by molar-refractivity contribution is 7.85. The quantitative estimate of drug-likeness (QED) is 0.300. The van der Waals surface area contributed by atoms with Crippen LogP contribution < -0.4 is 10.6 Å². The monoisotopic (exact) mass is 445 g/mol. The van der Waals surface area contributed by atoms with Gasteiger partial charge in [0.15, 0.2) is 5.57 Å². The van der Waals surface area contributed by atoms with Crippen LogP contribution in [0.25, 0.3) is 5.70 Å². The van der Waals surface area contributed by atoms with Crippen LogP contribution in [0.1, 0.15) is 25.0 Å². The summed E-state index contributed by atoms with van der Waals surface area (Å²) < 4.78 is 34.4. The lowest BCUT2D eigenvalue weighted by molar-refractivity contribution is -0.137. The summed E-state index contributed by atoms with van der Waals surface area (Å²) in [6.07, 6.45) is 0. The van der Waals surface area contributed by atoms with E-state index in [-0.39, 0.29) is 22.8 Å². The molecule has 166 valence electrons. The van der Waals surface area contributed by atoms with Crippen molar-refractivity contribution in [3.8, 4) is 6.07 Å². The molecule has 0 fully saturated rings. The van der Waals surface area contributed by atoms with Crippen molar-refractivity contribution in [2.24, 2.45) is 5.73 Å². The number of aryl methyl sites for hydroxylation is 1. The Kier molecular flexibility index (Phi) is 9.73. The van der Waals surface area contributed by atoms with Crippen LogP contribution in [0.15, 0.2) is 59.0 Å². The van der Waals surface area contributed by atoms with Crippen LogP contribution in [-0.4, -0.2) is 39.1 Å². The third-order valence-electron chi connectivity index (χ3n) is 4.27. The van der Waals surface area contributed by atoms with Crippen LogP contribution in [0.5, 0.6) is 0 Å². The van der Waals surface area contributed by atoms with Crippen molar-refractivity contribution in [3.63, 3.8) is 0 Å². The number of rotatable bonds is 6. The lowest BCUT2D eigenvalue weighted by atomic mass is 10.1. The first kappa shape index (κ1) is 25.7. The van der Waals surface area contributed by atoms with Gasteiger partial charge in [-0.2, -0.15) is 13.7 Å². The van der Waals surface area contributed by atoms with Crippen LogP contribution >= 0.6 is 0 Å². The number of carbonyl (C=O) groups is 1. The van der Waals surface area contributed by atoms with Crippen molar-refractivity contribution >= 4 is 27.5 Å². The highest BCUT2D eigenvalue weighted by Crippen LogP contribution is 2.19. The third-order valence-corrected chi connectivity index (χ3v) is 5.14. The molecule has 0 saturated carbocycles. The van der Waals surface area contributed by atoms with Crippen LogP contribution in [0.3, 0.4) is 0 Å². The lowest BCUT2D eigenvalue weighted by Crippen LogP contribution is -2.16. The summed E-state index contributed by atoms with van der Waals surface area (Å²) in [5, 5.41) is 9.04. The van der Waals surface area contributed by atoms with E-state index < -0.39 is 16.1 Å². The zero-order valence-electron chi connectivity index (χ0n) is 18.0. The largest absolute Gasteiger partial charge is 0.462 e. The maximum absolute atomic E-state index is 11.6. The minimum atomic E-state index is -4.02. The molecule has 0 heterocycles. The minimum absolute atomic E-state index is 0.0666. The zero-order valence-corrected chi connectivity index (χ0v) is 18.8. The number of ether oxygens (including phenoxy) is 1. The molecule has 0 aromatic heterocycles. The fraction of sp³-hybridized carbons (Fsp3) is 0.273. The number of nitrogens with two attached hydrogens (primary N) is 1. The Morgan fingerprint density at radius 1 is 1.13 bits per heavy atom. The maximum atomic E-state index is 11.6. The predicted molar refractivity (Wildman–Crippen MR) is 120 cm³/mol. The molecule has 0 radical (unpaired) electrons. The first-order valence-corrected chi connectivity index (χ1v) is 10.9. The Morgan fingerprint density at radius 2 is 1.68 bits per heavy atom. The summed E-state index contributed by atoms with van der Waals surface area (Å²) in [5.41, 5.74) is 8.48. The number of hydrogen-bond acceptors (Lipinski definition) is 7. The van der Waals surface area contributed by atoms with Crippen LogP contribution in [0.4, 0.5) is 5.69 Å². The molecule has 3 N–H and O–H groups in total. The van der Waals surface area contributed by atoms with E-state index in [0.717, 1.165) is 17.8 Å². The van der Waals surface area contributed by atoms with Gasteiger partial charge in [0.2, 0.25) is 0 Å². The fourth-order valence-corrected chi connectivity index (χ4v) is 2.83. The number of anilines is 1. The van der Waals surface area contributed by atoms with Gasteiger partial charge in [-0.05, 0) is 50.6 Å². The van der Waals surface area contributed by atoms with Gasteiger partial charge in [-0.15, -0.1) is 0 Å². The Morgan fingerprint density at radius 3 is 2.10 bits per heavy atom. The smallest absolute Gasteiger partial charge is 0.351 e. The van der Waals surface area contributed by atoms with Crippen molar-refractivity contribution in [1.82, 2.24) is 0 Å². The number of nitriles is 1. The number of carbonyl (C=O) groups excluding carboxylic acids is 1. The lowest BCUT2D eigenvalue weighted by Gasteiger charge is -2.17. The second kappa shape index (κ2) is 11.7. The highest BCUT2D eigenvalue weighted by Gasteiger charge is 2.16. The minimum Gasteiger partial charge on any atom is -0.462 e. The molecule has 0 atom stereocenters. The molecule has 8 nitrogen and oxygen atoms in total. The van der Waals surface area contributed by atoms with Crippen molar-refractivity contribution in [2.75, 3.05) is 25.1 Å². The zero-order chi connectivity index (χ0) is 23.6. The van der Waals surface area contributed by atoms with E-state index in [2.05, 4.69) is 11.8 Å². The van der Waals surface area contributed by atoms with Gasteiger partial charge in [0.25, 0.3) is 10.1 Å². The maximum Gasteiger partial charge on any atom is 0.351 e. The van der Waals surface area contributed by atoms with Crippen LogP contribution in [0, 0.1) is 18.3 Å². The van der Waals surface area contributed by atoms with Gasteiger partial charge in [-0.3, -0.25) is 4.55 Å². The normalized spacial score (nSPS) is 11.4. The second-order valence-corrected chi connectivity index (χ2v) is 7.89. The average molecular weight is 446 g/mol. The number of esters is 1. The molecule has 0 bridgehead atoms. The van der Waals surface area contributed by atoms with Crippen LogP contribution in [0.2, 0.25) is 0 Å². The van der Waals surface area contributed by atoms with Crippen molar-refractivity contribution in [1.29, 1.82) is 5.26 Å². The summed E-state index contributed by atoms with van der Waals surface area (Å²) in [6.45, 7) is 6.66. The van der Waals surface area contributed by atoms with Crippen molar-refractivity contribution in [2.45, 2.75) is 25.7 Å². The summed E-state index contributed by atoms with van der Waals surface area (Å²) in [6, 6.07) is 15.2. The number of hydrogen-bond donors (Lipinski definition) is 2. The Labute approximate surface area is 183 Å². The van der Waals surface area contributed by atoms with E-state index in [4.69, 9.17) is 20.3 Å². The van der Waals surface area contributed by atoms with Gasteiger partial charge in [-0.25, -0.2) is 4.79 Å². The number of benzene rings is 2. The van der Waals surface area contributed by atoms with E-state index >= 15 is 0 Å². The summed E-state index contributed by atoms with van der Waals surface area (Å²) in [7, 11) is -2.04. The Bertz CT molecular complexity index is 1050. The first-order chi connectivity index (χ1) is 14.5. The highest BCUT2D eigenvalue weighted by atomic mass is 32.2. The van der Waals surface area contributed by atoms with Gasteiger partial charge in [-0.1, -0.05) is 29.8 Å². The predicted octanol–water partition coefficient (Wildman–Crippen LogP) is 3.14. The van der Waals surface area contributed by atoms with Gasteiger partial charge in [0.1, 0.15) is 6.07 Å². The molecule has 2 aromatic rings. The average Bonchev–Trinajstić information content (AvgIpc) is 2.74. The third kappa shape index (κ3) is 7.77. The van der Waals surface area contributed by atoms with Crippen molar-refractivity contribution in [3.05, 3.63) is 65.2 Å². The van der Waals surface area contributed by atoms with Crippen molar-refractivity contribution < 1.29 is 22.5 Å². The standard InChI is InChI=1S/C15H19N3O2.C7H8O3S/c1-4-18(3)12-8-6-11(7-9-12)14(17)13(10-16)15(19)20-5-2;1-6-2-4-7(5-3-6)11(8,9)10/h6-9H,4-5,17H2,1-3H3;2-5H,1H3,(H,8,9,10). The molecule has 2 rings (SSSR count). The fourth-order valence-electron chi connectivity index (χ4n) is 2.35. The molecule has 2 aromatic carbocycles. The molecule has 0 unspecified atom stereocenters. The van der Waals surface area contributed by atoms with E-state index in [1.54, 1.807) is 37.3 Å². The van der Waals surface area contributed by atoms with E-state index in [1.165, 1.54) is 12.1 Å². The summed E-state index contributed by atoms with van der Waals surface area (Å²) in [4.78, 5) is 13.6. The molecule has 0 aliphatic carbocycles. The number of nitrogens with zero attached hydrogens (tertiary/aromatic N) is 2. The SMILES string of the molecule is CCOC(=O)C(C#N)=C(N)c1ccc(N(C)CC)cc1.Cc1ccc(S(=O)(=O)O)cc1. The molecule has 31 heavy (non-hydrogen) atoms. The molecular weight excluding hydrogens is 418 g/mol. The molecule has 9 heteroatoms. The van der Waals surface area contributed by atoms with Gasteiger partial charge in [0.05, 0.1) is 17.2 Å². The van der Waals surface area contributed by atoms with E-state index in [9.17, 15) is 13.2 Å². The summed E-state index contributed by atoms with van der Waals surface area (Å²) in [5.74, 6) is -0.692. The van der Waals surface area contributed by atoms with Gasteiger partial charge >= 0.3 is 5.97 Å². The van der Waals surface area contributed by atoms with Crippen LogP contribution in [-0.2, 0) is 19.6 Å². The molecule has 0 aliphatic rings. The van der Waals surface area contributed by atoms with Gasteiger partial charge < -0.3 is 15.4 Å². The molecule has 0 saturated heterocycles. The topological polar surface area (TPSA) is 134 Å². The molecule has 0 spiro atoms. The second-order valence-electron chi connectivity index (χ2n) is 6.47. The Balaban J connectivity index is 0.000000367. The molecule has 0 amide bonds. The molecule has 0 aliphatic heterocycles. The summed E-state index contributed by atoms with van der Waals surface area (Å²) >= 11 is 0. The first-order valence-electron chi connectivity index (χ1n) is 9.47. The Hall–Kier alpha value is -3.35. The van der Waals surface area contributed by atoms with E-state index in [1.807, 2.05) is 26.1 Å².